The van der Waals surface area contributed by atoms with Crippen molar-refractivity contribution in [3.63, 3.8) is 0 Å². The van der Waals surface area contributed by atoms with Crippen LogP contribution >= 0.6 is 0 Å². The minimum absolute atomic E-state index is 0.417. The lowest BCUT2D eigenvalue weighted by molar-refractivity contribution is -0.00727. The van der Waals surface area contributed by atoms with Crippen molar-refractivity contribution in [2.75, 3.05) is 0 Å². The normalized spacial score (nSPS) is 41.3. The lowest BCUT2D eigenvalue weighted by Gasteiger charge is -2.56. The van der Waals surface area contributed by atoms with Gasteiger partial charge in [-0.2, -0.15) is 0 Å². The van der Waals surface area contributed by atoms with Crippen molar-refractivity contribution in [3.8, 4) is 0 Å². The van der Waals surface area contributed by atoms with Crippen LogP contribution in [-0.2, 0) is 12.0 Å². The molecule has 96 valence electrons. The van der Waals surface area contributed by atoms with Crippen molar-refractivity contribution in [1.29, 1.82) is 0 Å². The molecule has 18 heavy (non-hydrogen) atoms. The Balaban J connectivity index is 1.74. The molecule has 0 saturated heterocycles. The fourth-order valence-corrected chi connectivity index (χ4v) is 5.31. The number of hydrogen-bond donors (Lipinski definition) is 1. The van der Waals surface area contributed by atoms with Crippen LogP contribution in [0.5, 0.6) is 0 Å². The molecule has 1 aromatic heterocycles. The van der Waals surface area contributed by atoms with Gasteiger partial charge in [0.15, 0.2) is 0 Å². The predicted octanol–water partition coefficient (Wildman–Crippen LogP) is 3.01. The first-order valence-electron chi connectivity index (χ1n) is 7.44. The third-order valence-corrected chi connectivity index (χ3v) is 5.60. The smallest absolute Gasteiger partial charge is 0.0543 e. The van der Waals surface area contributed by atoms with Gasteiger partial charge in [-0.05, 0) is 68.4 Å². The Labute approximate surface area is 109 Å². The molecule has 4 fully saturated rings. The zero-order valence-corrected chi connectivity index (χ0v) is 10.9. The molecule has 0 spiro atoms. The molecule has 0 aromatic carbocycles. The Bertz CT molecular complexity index is 431. The van der Waals surface area contributed by atoms with Crippen LogP contribution in [0.1, 0.15) is 49.9 Å². The van der Waals surface area contributed by atoms with Gasteiger partial charge in [-0.15, -0.1) is 0 Å². The van der Waals surface area contributed by atoms with Crippen LogP contribution in [0.25, 0.3) is 0 Å². The Morgan fingerprint density at radius 1 is 1.06 bits per heavy atom. The van der Waals surface area contributed by atoms with E-state index in [4.69, 9.17) is 10.7 Å². The molecule has 2 N–H and O–H groups in total. The summed E-state index contributed by atoms with van der Waals surface area (Å²) < 4.78 is 0. The largest absolute Gasteiger partial charge is 0.325 e. The van der Waals surface area contributed by atoms with Crippen LogP contribution in [0.4, 0.5) is 0 Å². The van der Waals surface area contributed by atoms with Gasteiger partial charge in [-0.3, -0.25) is 4.98 Å². The first-order chi connectivity index (χ1) is 8.77. The molecule has 4 aliphatic carbocycles. The Hall–Kier alpha value is -0.890. The van der Waals surface area contributed by atoms with Crippen LogP contribution in [-0.4, -0.2) is 4.98 Å². The number of rotatable bonds is 2. The molecule has 1 heterocycles. The summed E-state index contributed by atoms with van der Waals surface area (Å²) in [5.41, 5.74) is 8.57. The maximum absolute atomic E-state index is 5.75. The second kappa shape index (κ2) is 3.80. The fraction of sp³-hybridized carbons (Fsp3) is 0.688. The quantitative estimate of drug-likeness (QED) is 0.866. The second-order valence-corrected chi connectivity index (χ2v) is 6.92. The van der Waals surface area contributed by atoms with Crippen LogP contribution in [0.3, 0.4) is 0 Å². The number of aromatic nitrogens is 1. The number of pyridine rings is 1. The summed E-state index contributed by atoms with van der Waals surface area (Å²) in [7, 11) is 0. The van der Waals surface area contributed by atoms with Gasteiger partial charge >= 0.3 is 0 Å². The van der Waals surface area contributed by atoms with Gasteiger partial charge < -0.3 is 5.73 Å². The van der Waals surface area contributed by atoms with E-state index in [2.05, 4.69) is 18.2 Å². The molecule has 4 saturated carbocycles. The summed E-state index contributed by atoms with van der Waals surface area (Å²) in [6.07, 6.45) is 8.65. The Morgan fingerprint density at radius 3 is 2.22 bits per heavy atom. The standard InChI is InChI=1S/C16H22N2/c17-10-14-2-1-3-15(18-14)16-7-11-4-12(8-16)6-13(5-11)9-16/h1-3,11-13H,4-10,17H2. The maximum atomic E-state index is 5.75. The minimum Gasteiger partial charge on any atom is -0.325 e. The second-order valence-electron chi connectivity index (χ2n) is 6.92. The van der Waals surface area contributed by atoms with Crippen molar-refractivity contribution in [3.05, 3.63) is 29.6 Å². The molecular formula is C16H22N2. The van der Waals surface area contributed by atoms with E-state index >= 15 is 0 Å². The maximum Gasteiger partial charge on any atom is 0.0543 e. The summed E-state index contributed by atoms with van der Waals surface area (Å²) in [4.78, 5) is 4.86. The van der Waals surface area contributed by atoms with E-state index in [0.29, 0.717) is 12.0 Å². The van der Waals surface area contributed by atoms with Crippen molar-refractivity contribution in [2.45, 2.75) is 50.5 Å². The average molecular weight is 242 g/mol. The highest BCUT2D eigenvalue weighted by atomic mass is 14.8. The zero-order chi connectivity index (χ0) is 12.2. The van der Waals surface area contributed by atoms with E-state index in [0.717, 1.165) is 23.4 Å². The summed E-state index contributed by atoms with van der Waals surface area (Å²) in [6.45, 7) is 0.570. The van der Waals surface area contributed by atoms with Gasteiger partial charge in [-0.1, -0.05) is 6.07 Å². The molecule has 1 aromatic rings. The summed E-state index contributed by atoms with van der Waals surface area (Å²) in [6, 6.07) is 6.47. The first kappa shape index (κ1) is 11.0. The summed E-state index contributed by atoms with van der Waals surface area (Å²) >= 11 is 0. The van der Waals surface area contributed by atoms with Crippen LogP contribution < -0.4 is 5.73 Å². The van der Waals surface area contributed by atoms with E-state index in [9.17, 15) is 0 Å². The van der Waals surface area contributed by atoms with Crippen molar-refractivity contribution >= 4 is 0 Å². The molecule has 0 unspecified atom stereocenters. The van der Waals surface area contributed by atoms with Gasteiger partial charge in [0.05, 0.1) is 5.69 Å². The number of nitrogens with zero attached hydrogens (tertiary/aromatic N) is 1. The molecule has 0 radical (unpaired) electrons. The number of nitrogens with two attached hydrogens (primary N) is 1. The average Bonchev–Trinajstić information content (AvgIpc) is 2.37. The molecule has 4 bridgehead atoms. The van der Waals surface area contributed by atoms with Gasteiger partial charge in [-0.25, -0.2) is 0 Å². The zero-order valence-electron chi connectivity index (χ0n) is 10.9. The highest BCUT2D eigenvalue weighted by Gasteiger charge is 2.52. The molecule has 0 aliphatic heterocycles. The van der Waals surface area contributed by atoms with Crippen molar-refractivity contribution in [2.24, 2.45) is 23.5 Å². The van der Waals surface area contributed by atoms with Crippen LogP contribution in [0, 0.1) is 17.8 Å². The predicted molar refractivity (Wildman–Crippen MR) is 72.0 cm³/mol. The van der Waals surface area contributed by atoms with Gasteiger partial charge in [0, 0.05) is 17.7 Å². The fourth-order valence-electron chi connectivity index (χ4n) is 5.31. The third kappa shape index (κ3) is 1.55. The lowest BCUT2D eigenvalue weighted by Crippen LogP contribution is -2.49. The van der Waals surface area contributed by atoms with Gasteiger partial charge in [0.25, 0.3) is 0 Å². The highest BCUT2D eigenvalue weighted by molar-refractivity contribution is 5.24. The number of hydrogen-bond acceptors (Lipinski definition) is 2. The van der Waals surface area contributed by atoms with E-state index in [1.54, 1.807) is 0 Å². The minimum atomic E-state index is 0.417. The molecule has 5 rings (SSSR count). The van der Waals surface area contributed by atoms with E-state index in [1.165, 1.54) is 44.2 Å². The highest BCUT2D eigenvalue weighted by Crippen LogP contribution is 2.60. The Morgan fingerprint density at radius 2 is 1.67 bits per heavy atom. The van der Waals surface area contributed by atoms with Crippen LogP contribution in [0.15, 0.2) is 18.2 Å². The SMILES string of the molecule is NCc1cccc(C23CC4CC(CC(C4)C2)C3)n1. The van der Waals surface area contributed by atoms with Gasteiger partial charge in [0.1, 0.15) is 0 Å². The summed E-state index contributed by atoms with van der Waals surface area (Å²) in [5, 5.41) is 0. The molecule has 0 atom stereocenters. The lowest BCUT2D eigenvalue weighted by atomic mass is 9.49. The molecule has 2 nitrogen and oxygen atoms in total. The Kier molecular flexibility index (Phi) is 2.32. The molecule has 0 amide bonds. The van der Waals surface area contributed by atoms with Crippen molar-refractivity contribution in [1.82, 2.24) is 4.98 Å². The molecule has 4 aliphatic rings. The summed E-state index contributed by atoms with van der Waals surface area (Å²) in [5.74, 6) is 2.96. The van der Waals surface area contributed by atoms with E-state index < -0.39 is 0 Å². The molecule has 2 heteroatoms. The van der Waals surface area contributed by atoms with Crippen LogP contribution in [0.2, 0.25) is 0 Å². The van der Waals surface area contributed by atoms with Crippen molar-refractivity contribution < 1.29 is 0 Å². The van der Waals surface area contributed by atoms with E-state index in [1.807, 2.05) is 0 Å². The monoisotopic (exact) mass is 242 g/mol. The third-order valence-electron chi connectivity index (χ3n) is 5.60. The topological polar surface area (TPSA) is 38.9 Å². The van der Waals surface area contributed by atoms with E-state index in [-0.39, 0.29) is 0 Å². The first-order valence-corrected chi connectivity index (χ1v) is 7.44. The molecular weight excluding hydrogens is 220 g/mol. The van der Waals surface area contributed by atoms with Gasteiger partial charge in [0.2, 0.25) is 0 Å².